The van der Waals surface area contributed by atoms with Gasteiger partial charge >= 0.3 is 6.03 Å². The maximum absolute atomic E-state index is 12.3. The predicted molar refractivity (Wildman–Crippen MR) is 83.0 cm³/mol. The van der Waals surface area contributed by atoms with E-state index in [4.69, 9.17) is 0 Å². The summed E-state index contributed by atoms with van der Waals surface area (Å²) in [7, 11) is 0. The first-order valence-electron chi connectivity index (χ1n) is 7.46. The molecule has 4 nitrogen and oxygen atoms in total. The number of hydrogen-bond donors (Lipinski definition) is 2. The molecular formula is C16H25N3O. The SMILES string of the molecule is CCNC1CCN(C(=O)Nc2cccc(C)c2)CC1C. The molecule has 20 heavy (non-hydrogen) atoms. The second-order valence-corrected chi connectivity index (χ2v) is 5.68. The minimum Gasteiger partial charge on any atom is -0.324 e. The van der Waals surface area contributed by atoms with Crippen LogP contribution in [0.25, 0.3) is 0 Å². The molecule has 1 aliphatic rings. The van der Waals surface area contributed by atoms with Crippen LogP contribution in [0, 0.1) is 12.8 Å². The highest BCUT2D eigenvalue weighted by atomic mass is 16.2. The largest absolute Gasteiger partial charge is 0.324 e. The number of piperidine rings is 1. The topological polar surface area (TPSA) is 44.4 Å². The number of nitrogens with one attached hydrogen (secondary N) is 2. The average molecular weight is 275 g/mol. The summed E-state index contributed by atoms with van der Waals surface area (Å²) in [5, 5.41) is 6.48. The van der Waals surface area contributed by atoms with Crippen molar-refractivity contribution < 1.29 is 4.79 Å². The normalized spacial score (nSPS) is 22.6. The summed E-state index contributed by atoms with van der Waals surface area (Å²) in [6.45, 7) is 8.99. The van der Waals surface area contributed by atoms with Crippen LogP contribution in [0.2, 0.25) is 0 Å². The van der Waals surface area contributed by atoms with Gasteiger partial charge in [0.25, 0.3) is 0 Å². The lowest BCUT2D eigenvalue weighted by molar-refractivity contribution is 0.161. The molecule has 0 aliphatic carbocycles. The smallest absolute Gasteiger partial charge is 0.321 e. The fourth-order valence-electron chi connectivity index (χ4n) is 2.82. The van der Waals surface area contributed by atoms with Crippen molar-refractivity contribution in [3.05, 3.63) is 29.8 Å². The van der Waals surface area contributed by atoms with Crippen molar-refractivity contribution in [2.75, 3.05) is 25.0 Å². The van der Waals surface area contributed by atoms with Gasteiger partial charge in [0.2, 0.25) is 0 Å². The monoisotopic (exact) mass is 275 g/mol. The number of rotatable bonds is 3. The Morgan fingerprint density at radius 1 is 1.45 bits per heavy atom. The van der Waals surface area contributed by atoms with Gasteiger partial charge in [-0.1, -0.05) is 26.0 Å². The van der Waals surface area contributed by atoms with Crippen molar-refractivity contribution in [2.24, 2.45) is 5.92 Å². The fourth-order valence-corrected chi connectivity index (χ4v) is 2.82. The standard InChI is InChI=1S/C16H25N3O/c1-4-17-15-8-9-19(11-13(15)3)16(20)18-14-7-5-6-12(2)10-14/h5-7,10,13,15,17H,4,8-9,11H2,1-3H3,(H,18,20). The molecule has 2 rings (SSSR count). The van der Waals surface area contributed by atoms with Gasteiger partial charge < -0.3 is 15.5 Å². The number of anilines is 1. The molecule has 0 radical (unpaired) electrons. The zero-order valence-corrected chi connectivity index (χ0v) is 12.6. The number of amides is 2. The molecular weight excluding hydrogens is 250 g/mol. The molecule has 1 fully saturated rings. The van der Waals surface area contributed by atoms with Crippen molar-refractivity contribution >= 4 is 11.7 Å². The lowest BCUT2D eigenvalue weighted by atomic mass is 9.94. The Morgan fingerprint density at radius 3 is 2.90 bits per heavy atom. The number of aryl methyl sites for hydroxylation is 1. The molecule has 2 N–H and O–H groups in total. The van der Waals surface area contributed by atoms with Gasteiger partial charge in [-0.05, 0) is 43.5 Å². The van der Waals surface area contributed by atoms with Gasteiger partial charge in [0.15, 0.2) is 0 Å². The molecule has 1 aliphatic heterocycles. The van der Waals surface area contributed by atoms with Crippen LogP contribution in [0.1, 0.15) is 25.8 Å². The summed E-state index contributed by atoms with van der Waals surface area (Å²) < 4.78 is 0. The highest BCUT2D eigenvalue weighted by molar-refractivity contribution is 5.89. The minimum atomic E-state index is 0.0115. The van der Waals surface area contributed by atoms with E-state index in [1.165, 1.54) is 0 Å². The van der Waals surface area contributed by atoms with Gasteiger partial charge in [-0.25, -0.2) is 4.79 Å². The molecule has 110 valence electrons. The van der Waals surface area contributed by atoms with Crippen LogP contribution < -0.4 is 10.6 Å². The van der Waals surface area contributed by atoms with Crippen LogP contribution in [-0.2, 0) is 0 Å². The molecule has 0 spiro atoms. The summed E-state index contributed by atoms with van der Waals surface area (Å²) in [5.41, 5.74) is 2.03. The summed E-state index contributed by atoms with van der Waals surface area (Å²) in [5.74, 6) is 0.493. The van der Waals surface area contributed by atoms with E-state index in [1.54, 1.807) is 0 Å². The third kappa shape index (κ3) is 3.73. The van der Waals surface area contributed by atoms with Crippen molar-refractivity contribution in [3.8, 4) is 0 Å². The summed E-state index contributed by atoms with van der Waals surface area (Å²) in [6, 6.07) is 8.46. The van der Waals surface area contributed by atoms with Gasteiger partial charge in [0, 0.05) is 24.8 Å². The maximum atomic E-state index is 12.3. The lowest BCUT2D eigenvalue weighted by Crippen LogP contribution is -2.51. The van der Waals surface area contributed by atoms with Crippen LogP contribution >= 0.6 is 0 Å². The third-order valence-electron chi connectivity index (χ3n) is 3.93. The lowest BCUT2D eigenvalue weighted by Gasteiger charge is -2.37. The number of likely N-dealkylation sites (tertiary alicyclic amines) is 1. The molecule has 0 saturated carbocycles. The Balaban J connectivity index is 1.91. The Hall–Kier alpha value is -1.55. The van der Waals surface area contributed by atoms with E-state index in [1.807, 2.05) is 36.1 Å². The van der Waals surface area contributed by atoms with E-state index < -0.39 is 0 Å². The Labute approximate surface area is 121 Å². The molecule has 0 aromatic heterocycles. The molecule has 2 unspecified atom stereocenters. The first kappa shape index (κ1) is 14.9. The highest BCUT2D eigenvalue weighted by Crippen LogP contribution is 2.18. The van der Waals surface area contributed by atoms with Gasteiger partial charge in [-0.15, -0.1) is 0 Å². The number of nitrogens with zero attached hydrogens (tertiary/aromatic N) is 1. The van der Waals surface area contributed by atoms with Crippen LogP contribution in [0.5, 0.6) is 0 Å². The molecule has 2 amide bonds. The highest BCUT2D eigenvalue weighted by Gasteiger charge is 2.27. The number of benzene rings is 1. The van der Waals surface area contributed by atoms with E-state index in [2.05, 4.69) is 24.5 Å². The number of urea groups is 1. The third-order valence-corrected chi connectivity index (χ3v) is 3.93. The van der Waals surface area contributed by atoms with Crippen molar-refractivity contribution in [1.29, 1.82) is 0 Å². The summed E-state index contributed by atoms with van der Waals surface area (Å²) in [6.07, 6.45) is 1.02. The molecule has 2 atom stereocenters. The van der Waals surface area contributed by atoms with E-state index in [9.17, 15) is 4.79 Å². The quantitative estimate of drug-likeness (QED) is 0.891. The number of carbonyl (C=O) groups excluding carboxylic acids is 1. The van der Waals surface area contributed by atoms with E-state index in [-0.39, 0.29) is 6.03 Å². The van der Waals surface area contributed by atoms with Gasteiger partial charge in [0.05, 0.1) is 0 Å². The second kappa shape index (κ2) is 6.75. The molecule has 1 aromatic rings. The van der Waals surface area contributed by atoms with Crippen molar-refractivity contribution in [3.63, 3.8) is 0 Å². The van der Waals surface area contributed by atoms with E-state index >= 15 is 0 Å². The van der Waals surface area contributed by atoms with Crippen LogP contribution in [0.4, 0.5) is 10.5 Å². The summed E-state index contributed by atoms with van der Waals surface area (Å²) >= 11 is 0. The zero-order chi connectivity index (χ0) is 14.5. The van der Waals surface area contributed by atoms with E-state index in [0.29, 0.717) is 12.0 Å². The second-order valence-electron chi connectivity index (χ2n) is 5.68. The van der Waals surface area contributed by atoms with Crippen molar-refractivity contribution in [1.82, 2.24) is 10.2 Å². The molecule has 0 bridgehead atoms. The molecule has 1 heterocycles. The molecule has 1 saturated heterocycles. The first-order valence-corrected chi connectivity index (χ1v) is 7.46. The Bertz CT molecular complexity index is 461. The number of carbonyl (C=O) groups is 1. The van der Waals surface area contributed by atoms with Gasteiger partial charge in [-0.3, -0.25) is 0 Å². The average Bonchev–Trinajstić information content (AvgIpc) is 2.41. The maximum Gasteiger partial charge on any atom is 0.321 e. The van der Waals surface area contributed by atoms with E-state index in [0.717, 1.165) is 37.3 Å². The van der Waals surface area contributed by atoms with Gasteiger partial charge in [0.1, 0.15) is 0 Å². The Morgan fingerprint density at radius 2 is 2.25 bits per heavy atom. The fraction of sp³-hybridized carbons (Fsp3) is 0.562. The zero-order valence-electron chi connectivity index (χ0n) is 12.6. The van der Waals surface area contributed by atoms with Crippen molar-refractivity contribution in [2.45, 2.75) is 33.2 Å². The predicted octanol–water partition coefficient (Wildman–Crippen LogP) is 2.85. The van der Waals surface area contributed by atoms with Crippen LogP contribution in [-0.4, -0.2) is 36.6 Å². The first-order chi connectivity index (χ1) is 9.60. The molecule has 4 heteroatoms. The van der Waals surface area contributed by atoms with Crippen LogP contribution in [0.3, 0.4) is 0 Å². The minimum absolute atomic E-state index is 0.0115. The summed E-state index contributed by atoms with van der Waals surface area (Å²) in [4.78, 5) is 14.2. The Kier molecular flexibility index (Phi) is 5.01. The number of hydrogen-bond acceptors (Lipinski definition) is 2. The molecule has 1 aromatic carbocycles. The van der Waals surface area contributed by atoms with Crippen LogP contribution in [0.15, 0.2) is 24.3 Å². The van der Waals surface area contributed by atoms with Gasteiger partial charge in [-0.2, -0.15) is 0 Å².